The summed E-state index contributed by atoms with van der Waals surface area (Å²) in [5, 5.41) is 2.89. The summed E-state index contributed by atoms with van der Waals surface area (Å²) in [5.74, 6) is 0.652. The summed E-state index contributed by atoms with van der Waals surface area (Å²) >= 11 is 0. The highest BCUT2D eigenvalue weighted by Gasteiger charge is 2.55. The van der Waals surface area contributed by atoms with Crippen LogP contribution in [-0.2, 0) is 9.59 Å². The molecule has 4 amide bonds. The summed E-state index contributed by atoms with van der Waals surface area (Å²) in [5.41, 5.74) is 0.0723. The van der Waals surface area contributed by atoms with Crippen LogP contribution in [0, 0.1) is 0 Å². The molecule has 1 aromatic rings. The van der Waals surface area contributed by atoms with E-state index in [1.807, 2.05) is 39.0 Å². The molecule has 8 heteroatoms. The van der Waals surface area contributed by atoms with Crippen molar-refractivity contribution in [1.82, 2.24) is 15.1 Å². The van der Waals surface area contributed by atoms with E-state index in [-0.39, 0.29) is 24.4 Å². The van der Waals surface area contributed by atoms with Crippen molar-refractivity contribution in [1.29, 1.82) is 0 Å². The number of benzene rings is 1. The Morgan fingerprint density at radius 1 is 1.10 bits per heavy atom. The van der Waals surface area contributed by atoms with Gasteiger partial charge in [-0.15, -0.1) is 0 Å². The van der Waals surface area contributed by atoms with Gasteiger partial charge in [0.2, 0.25) is 5.91 Å². The quantitative estimate of drug-likeness (QED) is 0.639. The molecule has 1 aliphatic carbocycles. The minimum Gasteiger partial charge on any atom is -0.490 e. The molecule has 2 aliphatic rings. The predicted molar refractivity (Wildman–Crippen MR) is 116 cm³/mol. The Balaban J connectivity index is 1.67. The molecule has 170 valence electrons. The van der Waals surface area contributed by atoms with E-state index in [9.17, 15) is 14.4 Å². The van der Waals surface area contributed by atoms with Crippen LogP contribution in [0.4, 0.5) is 4.79 Å². The first-order valence-electron chi connectivity index (χ1n) is 11.1. The van der Waals surface area contributed by atoms with Crippen LogP contribution >= 0.6 is 0 Å². The van der Waals surface area contributed by atoms with Gasteiger partial charge in [0, 0.05) is 7.05 Å². The summed E-state index contributed by atoms with van der Waals surface area (Å²) in [6.45, 7) is 6.41. The number of carbonyl (C=O) groups is 3. The molecule has 31 heavy (non-hydrogen) atoms. The van der Waals surface area contributed by atoms with Crippen LogP contribution in [-0.4, -0.2) is 60.0 Å². The van der Waals surface area contributed by atoms with E-state index in [1.165, 1.54) is 4.90 Å². The molecule has 1 N–H and O–H groups in total. The molecular formula is C23H33N3O5. The first-order valence-corrected chi connectivity index (χ1v) is 11.1. The van der Waals surface area contributed by atoms with Gasteiger partial charge in [0.1, 0.15) is 12.1 Å². The molecular weight excluding hydrogens is 398 g/mol. The maximum atomic E-state index is 13.1. The van der Waals surface area contributed by atoms with Crippen LogP contribution in [0.25, 0.3) is 0 Å². The lowest BCUT2D eigenvalue weighted by atomic mass is 9.81. The van der Waals surface area contributed by atoms with Crippen LogP contribution in [0.15, 0.2) is 18.2 Å². The summed E-state index contributed by atoms with van der Waals surface area (Å²) in [6.07, 6.45) is 4.23. The number of likely N-dealkylation sites (N-methyl/N-ethyl adjacent to an activating group) is 1. The topological polar surface area (TPSA) is 88.2 Å². The number of urea groups is 1. The van der Waals surface area contributed by atoms with E-state index in [4.69, 9.17) is 9.47 Å². The van der Waals surface area contributed by atoms with E-state index in [2.05, 4.69) is 5.32 Å². The summed E-state index contributed by atoms with van der Waals surface area (Å²) in [7, 11) is 1.67. The lowest BCUT2D eigenvalue weighted by molar-refractivity contribution is -0.137. The van der Waals surface area contributed by atoms with Crippen molar-refractivity contribution >= 4 is 17.8 Å². The zero-order chi connectivity index (χ0) is 22.6. The highest BCUT2D eigenvalue weighted by molar-refractivity contribution is 6.08. The second kappa shape index (κ2) is 9.58. The zero-order valence-electron chi connectivity index (χ0n) is 18.9. The highest BCUT2D eigenvalue weighted by atomic mass is 16.5. The number of amides is 4. The average molecular weight is 432 g/mol. The molecule has 0 radical (unpaired) electrons. The molecule has 1 aromatic carbocycles. The third-order valence-electron chi connectivity index (χ3n) is 6.23. The third kappa shape index (κ3) is 4.48. The van der Waals surface area contributed by atoms with Crippen molar-refractivity contribution in [2.75, 3.05) is 26.8 Å². The Morgan fingerprint density at radius 2 is 1.74 bits per heavy atom. The number of hydrogen-bond donors (Lipinski definition) is 1. The largest absolute Gasteiger partial charge is 0.490 e. The zero-order valence-corrected chi connectivity index (χ0v) is 18.9. The Hall–Kier alpha value is -2.77. The summed E-state index contributed by atoms with van der Waals surface area (Å²) < 4.78 is 11.2. The van der Waals surface area contributed by atoms with E-state index >= 15 is 0 Å². The third-order valence-corrected chi connectivity index (χ3v) is 6.23. The predicted octanol–water partition coefficient (Wildman–Crippen LogP) is 3.26. The van der Waals surface area contributed by atoms with Crippen molar-refractivity contribution < 1.29 is 23.9 Å². The smallest absolute Gasteiger partial charge is 0.327 e. The number of carbonyl (C=O) groups excluding carboxylic acids is 3. The van der Waals surface area contributed by atoms with E-state index in [0.717, 1.165) is 29.7 Å². The van der Waals surface area contributed by atoms with Gasteiger partial charge in [-0.1, -0.05) is 25.3 Å². The van der Waals surface area contributed by atoms with Crippen molar-refractivity contribution in [2.45, 2.75) is 64.5 Å². The number of rotatable bonds is 8. The second-order valence-corrected chi connectivity index (χ2v) is 8.19. The molecule has 1 spiro atoms. The molecule has 3 rings (SSSR count). The first kappa shape index (κ1) is 22.9. The van der Waals surface area contributed by atoms with Gasteiger partial charge in [-0.05, 0) is 51.3 Å². The number of hydrogen-bond acceptors (Lipinski definition) is 5. The van der Waals surface area contributed by atoms with Gasteiger partial charge in [0.25, 0.3) is 5.91 Å². The average Bonchev–Trinajstić information content (AvgIpc) is 2.92. The number of imide groups is 1. The first-order chi connectivity index (χ1) is 14.8. The molecule has 0 aromatic heterocycles. The Kier molecular flexibility index (Phi) is 7.08. The van der Waals surface area contributed by atoms with Gasteiger partial charge in [0.05, 0.1) is 19.3 Å². The maximum Gasteiger partial charge on any atom is 0.327 e. The Morgan fingerprint density at radius 3 is 2.39 bits per heavy atom. The van der Waals surface area contributed by atoms with Gasteiger partial charge < -0.3 is 19.7 Å². The van der Waals surface area contributed by atoms with Crippen molar-refractivity contribution in [3.8, 4) is 11.5 Å². The molecule has 2 fully saturated rings. The number of nitrogens with one attached hydrogen (secondary N) is 1. The van der Waals surface area contributed by atoms with Gasteiger partial charge >= 0.3 is 6.03 Å². The molecule has 1 unspecified atom stereocenters. The van der Waals surface area contributed by atoms with Crippen molar-refractivity contribution in [3.63, 3.8) is 0 Å². The van der Waals surface area contributed by atoms with Gasteiger partial charge in [-0.25, -0.2) is 4.79 Å². The van der Waals surface area contributed by atoms with Gasteiger partial charge in [-0.2, -0.15) is 0 Å². The SMILES string of the molecule is CCOc1ccc(C(C)NC(=O)CN2C(=O)N(C)C3(CCCCC3)C2=O)cc1OCC. The van der Waals surface area contributed by atoms with Gasteiger partial charge in [0.15, 0.2) is 11.5 Å². The fourth-order valence-electron chi connectivity index (χ4n) is 4.52. The molecule has 1 atom stereocenters. The van der Waals surface area contributed by atoms with Crippen LogP contribution < -0.4 is 14.8 Å². The monoisotopic (exact) mass is 431 g/mol. The van der Waals surface area contributed by atoms with E-state index in [0.29, 0.717) is 37.6 Å². The normalized spacial score (nSPS) is 19.0. The highest BCUT2D eigenvalue weighted by Crippen LogP contribution is 2.39. The van der Waals surface area contributed by atoms with Crippen molar-refractivity contribution in [3.05, 3.63) is 23.8 Å². The molecule has 1 heterocycles. The van der Waals surface area contributed by atoms with E-state index in [1.54, 1.807) is 7.05 Å². The molecule has 1 saturated heterocycles. The van der Waals surface area contributed by atoms with E-state index < -0.39 is 11.6 Å². The van der Waals surface area contributed by atoms with Gasteiger partial charge in [-0.3, -0.25) is 14.5 Å². The van der Waals surface area contributed by atoms with Crippen LogP contribution in [0.3, 0.4) is 0 Å². The lowest BCUT2D eigenvalue weighted by Crippen LogP contribution is -2.49. The Labute approximate surface area is 183 Å². The number of ether oxygens (including phenoxy) is 2. The standard InChI is InChI=1S/C23H33N3O5/c1-5-30-18-11-10-17(14-19(18)31-6-2)16(3)24-20(27)15-26-21(28)23(25(4)22(26)29)12-8-7-9-13-23/h10-11,14,16H,5-9,12-13,15H2,1-4H3,(H,24,27). The van der Waals surface area contributed by atoms with Crippen LogP contribution in [0.5, 0.6) is 11.5 Å². The fraction of sp³-hybridized carbons (Fsp3) is 0.609. The fourth-order valence-corrected chi connectivity index (χ4v) is 4.52. The lowest BCUT2D eigenvalue weighted by Gasteiger charge is -2.35. The molecule has 1 aliphatic heterocycles. The Bertz CT molecular complexity index is 835. The maximum absolute atomic E-state index is 13.1. The summed E-state index contributed by atoms with van der Waals surface area (Å²) in [6, 6.07) is 4.82. The van der Waals surface area contributed by atoms with Crippen LogP contribution in [0.1, 0.15) is 64.5 Å². The van der Waals surface area contributed by atoms with Crippen LogP contribution in [0.2, 0.25) is 0 Å². The molecule has 0 bridgehead atoms. The second-order valence-electron chi connectivity index (χ2n) is 8.19. The molecule has 1 saturated carbocycles. The molecule has 8 nitrogen and oxygen atoms in total. The summed E-state index contributed by atoms with van der Waals surface area (Å²) in [4.78, 5) is 41.1. The number of nitrogens with zero attached hydrogens (tertiary/aromatic N) is 2. The minimum atomic E-state index is -0.775. The minimum absolute atomic E-state index is 0.248. The van der Waals surface area contributed by atoms with Crippen molar-refractivity contribution in [2.24, 2.45) is 0 Å².